The van der Waals surface area contributed by atoms with E-state index in [1.807, 2.05) is 12.1 Å². The highest BCUT2D eigenvalue weighted by molar-refractivity contribution is 5.91. The van der Waals surface area contributed by atoms with Crippen LogP contribution in [-0.4, -0.2) is 30.8 Å². The zero-order valence-electron chi connectivity index (χ0n) is 10.2. The first-order chi connectivity index (χ1) is 8.63. The molecule has 0 unspecified atom stereocenters. The van der Waals surface area contributed by atoms with Crippen molar-refractivity contribution in [2.75, 3.05) is 13.7 Å². The van der Waals surface area contributed by atoms with Gasteiger partial charge in [-0.3, -0.25) is 9.59 Å². The lowest BCUT2D eigenvalue weighted by molar-refractivity contribution is -0.153. The minimum absolute atomic E-state index is 0.212. The van der Waals surface area contributed by atoms with Crippen LogP contribution in [0.2, 0.25) is 0 Å². The zero-order chi connectivity index (χ0) is 13.4. The molecule has 0 saturated carbocycles. The molecule has 0 spiro atoms. The lowest BCUT2D eigenvalue weighted by Crippen LogP contribution is -2.13. The smallest absolute Gasteiger partial charge is 0.317 e. The van der Waals surface area contributed by atoms with E-state index in [-0.39, 0.29) is 18.8 Å². The van der Waals surface area contributed by atoms with Crippen molar-refractivity contribution in [1.82, 2.24) is 0 Å². The van der Waals surface area contributed by atoms with Gasteiger partial charge in [0, 0.05) is 0 Å². The summed E-state index contributed by atoms with van der Waals surface area (Å²) in [6.45, 7) is 0.212. The van der Waals surface area contributed by atoms with Gasteiger partial charge >= 0.3 is 11.9 Å². The Bertz CT molecular complexity index is 414. The van der Waals surface area contributed by atoms with Crippen LogP contribution in [0.3, 0.4) is 0 Å². The maximum atomic E-state index is 11.1. The molecule has 18 heavy (non-hydrogen) atoms. The number of ether oxygens (including phenoxy) is 2. The van der Waals surface area contributed by atoms with Crippen LogP contribution in [0.25, 0.3) is 0 Å². The highest BCUT2D eigenvalue weighted by Crippen LogP contribution is 2.17. The van der Waals surface area contributed by atoms with Gasteiger partial charge in [-0.05, 0) is 24.5 Å². The molecule has 1 aromatic carbocycles. The second kappa shape index (κ2) is 7.32. The maximum absolute atomic E-state index is 11.1. The third kappa shape index (κ3) is 4.86. The molecule has 5 nitrogen and oxygen atoms in total. The Morgan fingerprint density at radius 3 is 2.61 bits per heavy atom. The van der Waals surface area contributed by atoms with Crippen LogP contribution in [-0.2, 0) is 25.5 Å². The summed E-state index contributed by atoms with van der Waals surface area (Å²) in [7, 11) is 1.22. The molecule has 0 radical (unpaired) electrons. The highest BCUT2D eigenvalue weighted by atomic mass is 16.5. The second-order valence-corrected chi connectivity index (χ2v) is 3.71. The lowest BCUT2D eigenvalue weighted by atomic mass is 10.1. The first-order valence-corrected chi connectivity index (χ1v) is 5.63. The number of hydrogen-bond acceptors (Lipinski definition) is 5. The molecule has 0 fully saturated rings. The van der Waals surface area contributed by atoms with Crippen molar-refractivity contribution in [2.24, 2.45) is 0 Å². The fourth-order valence-corrected chi connectivity index (χ4v) is 1.41. The van der Waals surface area contributed by atoms with E-state index < -0.39 is 11.9 Å². The monoisotopic (exact) mass is 252 g/mol. The lowest BCUT2D eigenvalue weighted by Gasteiger charge is -2.05. The number of para-hydroxylation sites is 1. The maximum Gasteiger partial charge on any atom is 0.317 e. The summed E-state index contributed by atoms with van der Waals surface area (Å²) in [4.78, 5) is 21.9. The average molecular weight is 252 g/mol. The van der Waals surface area contributed by atoms with Gasteiger partial charge in [0.15, 0.2) is 0 Å². The standard InChI is InChI=1S/C13H16O5/c1-17-12(15)9-13(16)18-8-4-6-10-5-2-3-7-11(10)14/h2-3,5,7,14H,4,6,8-9H2,1H3. The van der Waals surface area contributed by atoms with E-state index in [0.29, 0.717) is 12.8 Å². The van der Waals surface area contributed by atoms with Gasteiger partial charge in [0.1, 0.15) is 12.2 Å². The van der Waals surface area contributed by atoms with Crippen molar-refractivity contribution >= 4 is 11.9 Å². The second-order valence-electron chi connectivity index (χ2n) is 3.71. The summed E-state index contributed by atoms with van der Waals surface area (Å²) in [6, 6.07) is 7.00. The Kier molecular flexibility index (Phi) is 5.70. The molecule has 0 atom stereocenters. The number of rotatable bonds is 6. The summed E-state index contributed by atoms with van der Waals surface area (Å²) in [5.74, 6) is -0.974. The van der Waals surface area contributed by atoms with E-state index in [1.165, 1.54) is 7.11 Å². The molecule has 0 aliphatic carbocycles. The fraction of sp³-hybridized carbons (Fsp3) is 0.385. The Balaban J connectivity index is 2.21. The number of benzene rings is 1. The normalized spacial score (nSPS) is 9.83. The first kappa shape index (κ1) is 14.0. The van der Waals surface area contributed by atoms with Crippen LogP contribution in [0.1, 0.15) is 18.4 Å². The number of carbonyl (C=O) groups excluding carboxylic acids is 2. The predicted molar refractivity (Wildman–Crippen MR) is 64.0 cm³/mol. The van der Waals surface area contributed by atoms with Crippen LogP contribution in [0, 0.1) is 0 Å². The number of aryl methyl sites for hydroxylation is 1. The molecule has 0 amide bonds. The molecular formula is C13H16O5. The van der Waals surface area contributed by atoms with Crippen molar-refractivity contribution in [2.45, 2.75) is 19.3 Å². The van der Waals surface area contributed by atoms with Crippen molar-refractivity contribution in [3.63, 3.8) is 0 Å². The third-order valence-electron chi connectivity index (χ3n) is 2.36. The van der Waals surface area contributed by atoms with Crippen LogP contribution in [0.4, 0.5) is 0 Å². The van der Waals surface area contributed by atoms with Gasteiger partial charge in [-0.2, -0.15) is 0 Å². The van der Waals surface area contributed by atoms with Gasteiger partial charge in [0.25, 0.3) is 0 Å². The number of carbonyl (C=O) groups is 2. The van der Waals surface area contributed by atoms with E-state index in [1.54, 1.807) is 12.1 Å². The van der Waals surface area contributed by atoms with Gasteiger partial charge in [-0.1, -0.05) is 18.2 Å². The molecule has 0 saturated heterocycles. The Hall–Kier alpha value is -2.04. The summed E-state index contributed by atoms with van der Waals surface area (Å²) in [6.07, 6.45) is 0.829. The highest BCUT2D eigenvalue weighted by Gasteiger charge is 2.10. The van der Waals surface area contributed by atoms with Crippen molar-refractivity contribution < 1.29 is 24.2 Å². The SMILES string of the molecule is COC(=O)CC(=O)OCCCc1ccccc1O. The van der Waals surface area contributed by atoms with E-state index >= 15 is 0 Å². The Labute approximate surface area is 105 Å². The molecule has 1 N–H and O–H groups in total. The fourth-order valence-electron chi connectivity index (χ4n) is 1.41. The molecule has 0 heterocycles. The topological polar surface area (TPSA) is 72.8 Å². The number of phenols is 1. The molecule has 5 heteroatoms. The summed E-state index contributed by atoms with van der Waals surface area (Å²) in [5, 5.41) is 9.50. The quantitative estimate of drug-likeness (QED) is 0.471. The van der Waals surface area contributed by atoms with E-state index in [2.05, 4.69) is 4.74 Å². The minimum atomic E-state index is -0.610. The number of methoxy groups -OCH3 is 1. The molecule has 0 aromatic heterocycles. The molecule has 98 valence electrons. The number of aromatic hydroxyl groups is 1. The van der Waals surface area contributed by atoms with Gasteiger partial charge in [0.05, 0.1) is 13.7 Å². The van der Waals surface area contributed by atoms with Crippen LogP contribution < -0.4 is 0 Å². The van der Waals surface area contributed by atoms with E-state index in [4.69, 9.17) is 4.74 Å². The molecule has 0 aliphatic heterocycles. The number of hydrogen-bond donors (Lipinski definition) is 1. The van der Waals surface area contributed by atoms with Gasteiger partial charge in [0.2, 0.25) is 0 Å². The van der Waals surface area contributed by atoms with Crippen molar-refractivity contribution in [3.05, 3.63) is 29.8 Å². The molecule has 0 bridgehead atoms. The molecular weight excluding hydrogens is 236 g/mol. The minimum Gasteiger partial charge on any atom is -0.508 e. The summed E-state index contributed by atoms with van der Waals surface area (Å²) >= 11 is 0. The van der Waals surface area contributed by atoms with Crippen LogP contribution in [0.5, 0.6) is 5.75 Å². The van der Waals surface area contributed by atoms with E-state index in [0.717, 1.165) is 5.56 Å². The predicted octanol–water partition coefficient (Wildman–Crippen LogP) is 1.43. The van der Waals surface area contributed by atoms with Gasteiger partial charge < -0.3 is 14.6 Å². The third-order valence-corrected chi connectivity index (χ3v) is 2.36. The first-order valence-electron chi connectivity index (χ1n) is 5.63. The van der Waals surface area contributed by atoms with Crippen molar-refractivity contribution in [1.29, 1.82) is 0 Å². The molecule has 1 aromatic rings. The Morgan fingerprint density at radius 2 is 1.94 bits per heavy atom. The summed E-state index contributed by atoms with van der Waals surface area (Å²) in [5.41, 5.74) is 0.807. The number of esters is 2. The number of phenolic OH excluding ortho intramolecular Hbond substituents is 1. The van der Waals surface area contributed by atoms with Crippen molar-refractivity contribution in [3.8, 4) is 5.75 Å². The molecule has 0 aliphatic rings. The van der Waals surface area contributed by atoms with Gasteiger partial charge in [-0.25, -0.2) is 0 Å². The van der Waals surface area contributed by atoms with Crippen LogP contribution in [0.15, 0.2) is 24.3 Å². The zero-order valence-corrected chi connectivity index (χ0v) is 10.2. The largest absolute Gasteiger partial charge is 0.508 e. The average Bonchev–Trinajstić information content (AvgIpc) is 2.36. The summed E-state index contributed by atoms with van der Waals surface area (Å²) < 4.78 is 9.19. The Morgan fingerprint density at radius 1 is 1.22 bits per heavy atom. The van der Waals surface area contributed by atoms with Gasteiger partial charge in [-0.15, -0.1) is 0 Å². The van der Waals surface area contributed by atoms with Crippen LogP contribution >= 0.6 is 0 Å². The van der Waals surface area contributed by atoms with E-state index in [9.17, 15) is 14.7 Å². The molecule has 1 rings (SSSR count).